The van der Waals surface area contributed by atoms with Crippen LogP contribution in [0.2, 0.25) is 4.34 Å². The third kappa shape index (κ3) is 4.27. The molecule has 2 aromatic rings. The van der Waals surface area contributed by atoms with Gasteiger partial charge >= 0.3 is 0 Å². The van der Waals surface area contributed by atoms with Crippen molar-refractivity contribution >= 4 is 22.9 Å². The Labute approximate surface area is 120 Å². The molecule has 1 nitrogen and oxygen atoms in total. The lowest BCUT2D eigenvalue weighted by Crippen LogP contribution is -2.21. The first-order valence-corrected chi connectivity index (χ1v) is 7.22. The molecule has 0 aliphatic carbocycles. The van der Waals surface area contributed by atoms with Crippen molar-refractivity contribution in [2.24, 2.45) is 0 Å². The second kappa shape index (κ2) is 6.46. The van der Waals surface area contributed by atoms with Crippen LogP contribution in [-0.4, -0.2) is 6.54 Å². The fourth-order valence-electron chi connectivity index (χ4n) is 1.86. The normalized spacial score (nSPS) is 12.6. The van der Waals surface area contributed by atoms with Crippen molar-refractivity contribution in [3.05, 3.63) is 56.7 Å². The zero-order chi connectivity index (χ0) is 13.8. The molecule has 1 atom stereocenters. The molecule has 1 aromatic carbocycles. The van der Waals surface area contributed by atoms with Gasteiger partial charge in [-0.05, 0) is 54.6 Å². The Morgan fingerprint density at radius 3 is 2.47 bits per heavy atom. The molecule has 0 aliphatic heterocycles. The van der Waals surface area contributed by atoms with Gasteiger partial charge in [0.25, 0.3) is 0 Å². The maximum absolute atomic E-state index is 13.0. The topological polar surface area (TPSA) is 12.0 Å². The molecule has 5 heteroatoms. The van der Waals surface area contributed by atoms with Crippen molar-refractivity contribution in [3.63, 3.8) is 0 Å². The molecule has 0 saturated heterocycles. The Morgan fingerprint density at radius 2 is 1.89 bits per heavy atom. The standard InChI is InChI=1S/C14H14ClF2NS/c1-9(11-6-14(15)19-8-11)18-3-2-10-4-12(16)7-13(17)5-10/h4-9,18H,2-3H2,1H3. The van der Waals surface area contributed by atoms with Gasteiger partial charge in [-0.1, -0.05) is 11.6 Å². The number of nitrogens with one attached hydrogen (secondary N) is 1. The molecule has 1 heterocycles. The summed E-state index contributed by atoms with van der Waals surface area (Å²) in [5, 5.41) is 5.30. The van der Waals surface area contributed by atoms with Crippen LogP contribution in [0.15, 0.2) is 29.6 Å². The molecular weight excluding hydrogens is 288 g/mol. The maximum Gasteiger partial charge on any atom is 0.126 e. The van der Waals surface area contributed by atoms with Crippen LogP contribution in [0, 0.1) is 11.6 Å². The van der Waals surface area contributed by atoms with Crippen LogP contribution >= 0.6 is 22.9 Å². The van der Waals surface area contributed by atoms with Gasteiger partial charge in [-0.25, -0.2) is 8.78 Å². The summed E-state index contributed by atoms with van der Waals surface area (Å²) < 4.78 is 26.8. The Morgan fingerprint density at radius 1 is 1.21 bits per heavy atom. The van der Waals surface area contributed by atoms with Crippen LogP contribution in [0.3, 0.4) is 0 Å². The van der Waals surface area contributed by atoms with Gasteiger partial charge in [0.1, 0.15) is 11.6 Å². The van der Waals surface area contributed by atoms with Gasteiger partial charge in [0, 0.05) is 12.1 Å². The highest BCUT2D eigenvalue weighted by Gasteiger charge is 2.07. The van der Waals surface area contributed by atoms with E-state index in [1.54, 1.807) is 0 Å². The molecule has 1 aromatic heterocycles. The van der Waals surface area contributed by atoms with Crippen LogP contribution in [0.1, 0.15) is 24.1 Å². The molecule has 0 spiro atoms. The molecule has 2 rings (SSSR count). The quantitative estimate of drug-likeness (QED) is 0.853. The van der Waals surface area contributed by atoms with Crippen LogP contribution in [-0.2, 0) is 6.42 Å². The third-order valence-corrected chi connectivity index (χ3v) is 3.98. The molecule has 0 amide bonds. The van der Waals surface area contributed by atoms with Crippen molar-refractivity contribution in [1.29, 1.82) is 0 Å². The molecule has 102 valence electrons. The van der Waals surface area contributed by atoms with E-state index in [0.29, 0.717) is 18.5 Å². The first kappa shape index (κ1) is 14.4. The lowest BCUT2D eigenvalue weighted by Gasteiger charge is -2.12. The first-order chi connectivity index (χ1) is 9.04. The lowest BCUT2D eigenvalue weighted by atomic mass is 10.1. The summed E-state index contributed by atoms with van der Waals surface area (Å²) in [5.41, 5.74) is 1.78. The van der Waals surface area contributed by atoms with E-state index < -0.39 is 11.6 Å². The third-order valence-electron chi connectivity index (χ3n) is 2.87. The van der Waals surface area contributed by atoms with Crippen molar-refractivity contribution in [2.75, 3.05) is 6.54 Å². The van der Waals surface area contributed by atoms with Gasteiger partial charge in [0.15, 0.2) is 0 Å². The van der Waals surface area contributed by atoms with E-state index in [0.717, 1.165) is 16.0 Å². The van der Waals surface area contributed by atoms with Gasteiger partial charge < -0.3 is 5.32 Å². The van der Waals surface area contributed by atoms with Crippen LogP contribution < -0.4 is 5.32 Å². The Kier molecular flexibility index (Phi) is 4.91. The Bertz CT molecular complexity index is 536. The molecule has 1 N–H and O–H groups in total. The van der Waals surface area contributed by atoms with Crippen molar-refractivity contribution < 1.29 is 8.78 Å². The lowest BCUT2D eigenvalue weighted by molar-refractivity contribution is 0.564. The summed E-state index contributed by atoms with van der Waals surface area (Å²) in [5.74, 6) is -1.07. The minimum absolute atomic E-state index is 0.169. The zero-order valence-electron chi connectivity index (χ0n) is 10.4. The summed E-state index contributed by atoms with van der Waals surface area (Å²) in [7, 11) is 0. The number of hydrogen-bond acceptors (Lipinski definition) is 2. The van der Waals surface area contributed by atoms with Gasteiger partial charge in [-0.15, -0.1) is 11.3 Å². The second-order valence-corrected chi connectivity index (χ2v) is 5.93. The number of thiophene rings is 1. The van der Waals surface area contributed by atoms with E-state index >= 15 is 0 Å². The number of halogens is 3. The average Bonchev–Trinajstić information content (AvgIpc) is 2.74. The number of hydrogen-bond donors (Lipinski definition) is 1. The van der Waals surface area contributed by atoms with Crippen LogP contribution in [0.5, 0.6) is 0 Å². The summed E-state index contributed by atoms with van der Waals surface area (Å²) in [4.78, 5) is 0. The van der Waals surface area contributed by atoms with Crippen molar-refractivity contribution in [3.8, 4) is 0 Å². The van der Waals surface area contributed by atoms with Crippen molar-refractivity contribution in [2.45, 2.75) is 19.4 Å². The Hall–Kier alpha value is -0.970. The molecule has 1 unspecified atom stereocenters. The van der Waals surface area contributed by atoms with Gasteiger partial charge in [-0.3, -0.25) is 0 Å². The maximum atomic E-state index is 13.0. The van der Waals surface area contributed by atoms with Gasteiger partial charge in [-0.2, -0.15) is 0 Å². The molecule has 0 aliphatic rings. The second-order valence-electron chi connectivity index (χ2n) is 4.39. The smallest absolute Gasteiger partial charge is 0.126 e. The summed E-state index contributed by atoms with van der Waals surface area (Å²) in [6.07, 6.45) is 0.580. The molecule has 0 saturated carbocycles. The zero-order valence-corrected chi connectivity index (χ0v) is 12.0. The predicted octanol–water partition coefficient (Wildman–Crippen LogP) is 4.57. The minimum Gasteiger partial charge on any atom is -0.310 e. The SMILES string of the molecule is CC(NCCc1cc(F)cc(F)c1)c1csc(Cl)c1. The van der Waals surface area contributed by atoms with E-state index in [1.807, 2.05) is 18.4 Å². The molecule has 0 bridgehead atoms. The Balaban J connectivity index is 1.86. The highest BCUT2D eigenvalue weighted by atomic mass is 35.5. The molecular formula is C14H14ClF2NS. The van der Waals surface area contributed by atoms with Gasteiger partial charge in [0.05, 0.1) is 4.34 Å². The molecule has 19 heavy (non-hydrogen) atoms. The summed E-state index contributed by atoms with van der Waals surface area (Å²) in [6, 6.07) is 5.69. The number of benzene rings is 1. The van der Waals surface area contributed by atoms with Crippen LogP contribution in [0.4, 0.5) is 8.78 Å². The van der Waals surface area contributed by atoms with Crippen LogP contribution in [0.25, 0.3) is 0 Å². The average molecular weight is 302 g/mol. The minimum atomic E-state index is -0.535. The van der Waals surface area contributed by atoms with E-state index in [9.17, 15) is 8.78 Å². The fourth-order valence-corrected chi connectivity index (χ4v) is 2.84. The van der Waals surface area contributed by atoms with E-state index in [2.05, 4.69) is 5.32 Å². The van der Waals surface area contributed by atoms with E-state index in [4.69, 9.17) is 11.6 Å². The largest absolute Gasteiger partial charge is 0.310 e. The highest BCUT2D eigenvalue weighted by molar-refractivity contribution is 7.14. The van der Waals surface area contributed by atoms with E-state index in [1.165, 1.54) is 23.5 Å². The van der Waals surface area contributed by atoms with E-state index in [-0.39, 0.29) is 6.04 Å². The predicted molar refractivity (Wildman–Crippen MR) is 75.8 cm³/mol. The molecule has 0 fully saturated rings. The monoisotopic (exact) mass is 301 g/mol. The van der Waals surface area contributed by atoms with Crippen molar-refractivity contribution in [1.82, 2.24) is 5.32 Å². The number of rotatable bonds is 5. The fraction of sp³-hybridized carbons (Fsp3) is 0.286. The first-order valence-electron chi connectivity index (χ1n) is 5.97. The summed E-state index contributed by atoms with van der Waals surface area (Å²) in [6.45, 7) is 2.68. The van der Waals surface area contributed by atoms with Gasteiger partial charge in [0.2, 0.25) is 0 Å². The molecule has 0 radical (unpaired) electrons. The highest BCUT2D eigenvalue weighted by Crippen LogP contribution is 2.24. The summed E-state index contributed by atoms with van der Waals surface area (Å²) >= 11 is 7.37.